The van der Waals surface area contributed by atoms with Crippen molar-refractivity contribution in [2.45, 2.75) is 40.5 Å². The molecule has 2 nitrogen and oxygen atoms in total. The van der Waals surface area contributed by atoms with Crippen LogP contribution >= 0.6 is 0 Å². The fourth-order valence-electron chi connectivity index (χ4n) is 2.78. The fourth-order valence-corrected chi connectivity index (χ4v) is 5.56. The molecule has 0 rings (SSSR count). The van der Waals surface area contributed by atoms with Crippen LogP contribution in [-0.4, -0.2) is 29.8 Å². The van der Waals surface area contributed by atoms with Crippen molar-refractivity contribution in [2.24, 2.45) is 17.3 Å². The summed E-state index contributed by atoms with van der Waals surface area (Å²) < 4.78 is 12.9. The molecule has 0 heterocycles. The van der Waals surface area contributed by atoms with E-state index in [0.717, 1.165) is 12.8 Å². The lowest BCUT2D eigenvalue weighted by Gasteiger charge is -2.41. The molecule has 0 aromatic heterocycles. The summed E-state index contributed by atoms with van der Waals surface area (Å²) in [6.45, 7) is 33.9. The summed E-state index contributed by atoms with van der Waals surface area (Å²) in [6.07, 6.45) is 2.13. The van der Waals surface area contributed by atoms with Gasteiger partial charge in [-0.05, 0) is 18.3 Å². The summed E-state index contributed by atoms with van der Waals surface area (Å²) in [5, 5.41) is 0. The van der Waals surface area contributed by atoms with Crippen LogP contribution < -0.4 is 0 Å². The van der Waals surface area contributed by atoms with Crippen molar-refractivity contribution in [3.63, 3.8) is 0 Å². The molecule has 0 unspecified atom stereocenters. The van der Waals surface area contributed by atoms with Crippen molar-refractivity contribution >= 4 is 16.6 Å². The van der Waals surface area contributed by atoms with Crippen molar-refractivity contribution in [2.75, 3.05) is 13.2 Å². The number of hydrogen-bond acceptors (Lipinski definition) is 2. The Labute approximate surface area is 170 Å². The van der Waals surface area contributed by atoms with E-state index >= 15 is 0 Å². The number of rotatable bonds is 16. The van der Waals surface area contributed by atoms with Crippen molar-refractivity contribution in [1.29, 1.82) is 0 Å². The lowest BCUT2D eigenvalue weighted by atomic mass is 9.74. The maximum Gasteiger partial charge on any atom is 0.264 e. The molecular formula is C23H40O2Si2. The van der Waals surface area contributed by atoms with Gasteiger partial charge in [-0.2, -0.15) is 0 Å². The zero-order chi connectivity index (χ0) is 21.1. The Balaban J connectivity index is 5.75. The molecule has 152 valence electrons. The third kappa shape index (κ3) is 7.03. The van der Waals surface area contributed by atoms with Gasteiger partial charge in [0.2, 0.25) is 0 Å². The Hall–Kier alpha value is -1.21. The molecule has 0 radical (unpaired) electrons. The summed E-state index contributed by atoms with van der Waals surface area (Å²) in [7, 11) is -4.68. The largest absolute Gasteiger partial charge is 0.405 e. The Bertz CT molecular complexity index is 455. The van der Waals surface area contributed by atoms with Crippen LogP contribution in [0.1, 0.15) is 40.5 Å². The lowest BCUT2D eigenvalue weighted by molar-refractivity contribution is 0.0216. The van der Waals surface area contributed by atoms with E-state index in [2.05, 4.69) is 67.2 Å². The first-order chi connectivity index (χ1) is 12.6. The summed E-state index contributed by atoms with van der Waals surface area (Å²) in [4.78, 5) is 0. The smallest absolute Gasteiger partial charge is 0.264 e. The molecule has 0 aliphatic carbocycles. The molecule has 0 saturated carbocycles. The molecule has 0 bridgehead atoms. The highest BCUT2D eigenvalue weighted by molar-refractivity contribution is 6.88. The van der Waals surface area contributed by atoms with Gasteiger partial charge >= 0.3 is 0 Å². The second-order valence-corrected chi connectivity index (χ2v) is 14.4. The first kappa shape index (κ1) is 25.8. The highest BCUT2D eigenvalue weighted by Gasteiger charge is 2.39. The van der Waals surface area contributed by atoms with Crippen molar-refractivity contribution in [1.82, 2.24) is 0 Å². The van der Waals surface area contributed by atoms with E-state index in [-0.39, 0.29) is 5.41 Å². The van der Waals surface area contributed by atoms with E-state index < -0.39 is 16.6 Å². The molecule has 0 aliphatic rings. The van der Waals surface area contributed by atoms with E-state index in [9.17, 15) is 0 Å². The molecule has 4 heteroatoms. The van der Waals surface area contributed by atoms with Gasteiger partial charge in [-0.1, -0.05) is 68.3 Å². The molecule has 27 heavy (non-hydrogen) atoms. The molecular weight excluding hydrogens is 364 g/mol. The molecule has 0 N–H and O–H groups in total. The van der Waals surface area contributed by atoms with E-state index in [0.29, 0.717) is 25.0 Å². The molecule has 0 aromatic carbocycles. The van der Waals surface area contributed by atoms with Gasteiger partial charge in [-0.15, -0.1) is 39.5 Å². The van der Waals surface area contributed by atoms with Gasteiger partial charge in [-0.3, -0.25) is 0 Å². The van der Waals surface area contributed by atoms with Crippen LogP contribution in [0.25, 0.3) is 0 Å². The zero-order valence-electron chi connectivity index (χ0n) is 18.0. The van der Waals surface area contributed by atoms with Gasteiger partial charge in [0.05, 0.1) is 0 Å². The summed E-state index contributed by atoms with van der Waals surface area (Å²) in [5.41, 5.74) is 11.1. The zero-order valence-corrected chi connectivity index (χ0v) is 20.0. The predicted octanol–water partition coefficient (Wildman–Crippen LogP) is 6.34. The SMILES string of the molecule is C=C[Si](C=C)(C=C)OCC(CCC(C)C)(CO[Si](C=C)(C=C)C=C)C(C)C. The monoisotopic (exact) mass is 404 g/mol. The first-order valence-electron chi connectivity index (χ1n) is 9.73. The van der Waals surface area contributed by atoms with Gasteiger partial charge < -0.3 is 8.85 Å². The maximum absolute atomic E-state index is 6.45. The number of hydrogen-bond donors (Lipinski definition) is 0. The summed E-state index contributed by atoms with van der Waals surface area (Å²) in [5.74, 6) is 0.997. The quantitative estimate of drug-likeness (QED) is 0.279. The van der Waals surface area contributed by atoms with Crippen LogP contribution in [0.4, 0.5) is 0 Å². The molecule has 0 atom stereocenters. The predicted molar refractivity (Wildman–Crippen MR) is 126 cm³/mol. The van der Waals surface area contributed by atoms with Gasteiger partial charge in [0.1, 0.15) is 0 Å². The third-order valence-electron chi connectivity index (χ3n) is 5.58. The van der Waals surface area contributed by atoms with Gasteiger partial charge in [0, 0.05) is 18.6 Å². The van der Waals surface area contributed by atoms with Crippen molar-refractivity contribution in [3.8, 4) is 0 Å². The molecule has 0 saturated heterocycles. The van der Waals surface area contributed by atoms with Crippen molar-refractivity contribution in [3.05, 3.63) is 73.7 Å². The minimum absolute atomic E-state index is 0.120. The van der Waals surface area contributed by atoms with Crippen LogP contribution in [-0.2, 0) is 8.85 Å². The third-order valence-corrected chi connectivity index (χ3v) is 10.7. The highest BCUT2D eigenvalue weighted by atomic mass is 28.4. The molecule has 0 aliphatic heterocycles. The molecule has 0 fully saturated rings. The minimum Gasteiger partial charge on any atom is -0.405 e. The summed E-state index contributed by atoms with van der Waals surface area (Å²) in [6, 6.07) is 0. The molecule has 0 aromatic rings. The Morgan fingerprint density at radius 1 is 0.704 bits per heavy atom. The normalized spacial score (nSPS) is 12.7. The van der Waals surface area contributed by atoms with Gasteiger partial charge in [0.15, 0.2) is 0 Å². The minimum atomic E-state index is -2.34. The maximum atomic E-state index is 6.45. The Kier molecular flexibility index (Phi) is 11.1. The van der Waals surface area contributed by atoms with Gasteiger partial charge in [0.25, 0.3) is 16.6 Å². The average molecular weight is 405 g/mol. The van der Waals surface area contributed by atoms with Crippen LogP contribution in [0.2, 0.25) is 0 Å². The van der Waals surface area contributed by atoms with E-state index in [1.54, 1.807) is 0 Å². The summed E-state index contributed by atoms with van der Waals surface area (Å²) >= 11 is 0. The Morgan fingerprint density at radius 3 is 1.26 bits per heavy atom. The standard InChI is InChI=1S/C23H40O2Si2/c1-11-26(12-2,13-3)24-19-23(22(9)10,18-17-21(7)8)20-25-27(14-4,15-5)16-6/h11-16,21-22H,1-6,17-20H2,7-10H3. The second kappa shape index (κ2) is 11.6. The van der Waals surface area contributed by atoms with Crippen molar-refractivity contribution < 1.29 is 8.85 Å². The van der Waals surface area contributed by atoms with Gasteiger partial charge in [-0.25, -0.2) is 0 Å². The van der Waals surface area contributed by atoms with Crippen LogP contribution in [0, 0.1) is 17.3 Å². The van der Waals surface area contributed by atoms with E-state index in [4.69, 9.17) is 8.85 Å². The topological polar surface area (TPSA) is 18.5 Å². The fraction of sp³-hybridized carbons (Fsp3) is 0.478. The van der Waals surface area contributed by atoms with E-state index in [1.165, 1.54) is 0 Å². The average Bonchev–Trinajstić information content (AvgIpc) is 2.67. The van der Waals surface area contributed by atoms with E-state index in [1.807, 2.05) is 34.2 Å². The lowest BCUT2D eigenvalue weighted by Crippen LogP contribution is -2.46. The molecule has 0 spiro atoms. The van der Waals surface area contributed by atoms with Crippen LogP contribution in [0.15, 0.2) is 73.7 Å². The first-order valence-corrected chi connectivity index (χ1v) is 14.0. The molecule has 0 amide bonds. The Morgan fingerprint density at radius 2 is 1.04 bits per heavy atom. The highest BCUT2D eigenvalue weighted by Crippen LogP contribution is 2.37. The van der Waals surface area contributed by atoms with Crippen LogP contribution in [0.5, 0.6) is 0 Å². The van der Waals surface area contributed by atoms with Crippen LogP contribution in [0.3, 0.4) is 0 Å². The second-order valence-electron chi connectivity index (χ2n) is 7.96.